The number of hydrogen-bond donors (Lipinski definition) is 0. The molecule has 0 atom stereocenters. The molecular formula is C32H33NSe. The molecule has 0 unspecified atom stereocenters. The van der Waals surface area contributed by atoms with E-state index in [2.05, 4.69) is 75.4 Å². The molecule has 0 N–H and O–H groups in total. The van der Waals surface area contributed by atoms with Gasteiger partial charge in [-0.2, -0.15) is 0 Å². The molecule has 2 heterocycles. The fraction of sp³-hybridized carbons (Fsp3) is 0.344. The zero-order chi connectivity index (χ0) is 23.2. The van der Waals surface area contributed by atoms with E-state index in [1.54, 1.807) is 15.4 Å². The summed E-state index contributed by atoms with van der Waals surface area (Å²) in [6.45, 7) is 6.97. The number of fused-ring (bicyclic) bond motifs is 4. The maximum absolute atomic E-state index is 4.97. The second-order valence-corrected chi connectivity index (χ2v) is 12.7. The monoisotopic (exact) mass is 511 g/mol. The SMILES string of the molecule is Cc1c(CC2CCCCC2)ccc2c1[se]c1c(-c3cc(C(C)C)c4ccccc4c3)nccc12. The number of hydrogen-bond acceptors (Lipinski definition) is 1. The van der Waals surface area contributed by atoms with Gasteiger partial charge in [-0.1, -0.05) is 0 Å². The zero-order valence-corrected chi connectivity index (χ0v) is 22.2. The maximum atomic E-state index is 4.97. The van der Waals surface area contributed by atoms with Crippen LogP contribution in [0.5, 0.6) is 0 Å². The van der Waals surface area contributed by atoms with Crippen molar-refractivity contribution in [3.63, 3.8) is 0 Å². The van der Waals surface area contributed by atoms with Gasteiger partial charge in [0.1, 0.15) is 0 Å². The molecule has 0 spiro atoms. The van der Waals surface area contributed by atoms with Crippen molar-refractivity contribution in [2.45, 2.75) is 65.2 Å². The Morgan fingerprint density at radius 3 is 2.50 bits per heavy atom. The first-order valence-corrected chi connectivity index (χ1v) is 14.6. The van der Waals surface area contributed by atoms with E-state index in [0.717, 1.165) is 5.92 Å². The molecule has 2 heteroatoms. The molecule has 0 aliphatic heterocycles. The number of nitrogens with zero attached hydrogens (tertiary/aromatic N) is 1. The van der Waals surface area contributed by atoms with E-state index in [1.807, 2.05) is 6.20 Å². The van der Waals surface area contributed by atoms with Crippen molar-refractivity contribution in [1.82, 2.24) is 4.98 Å². The van der Waals surface area contributed by atoms with Gasteiger partial charge < -0.3 is 0 Å². The van der Waals surface area contributed by atoms with Crippen LogP contribution in [0.4, 0.5) is 0 Å². The molecule has 6 rings (SSSR count). The molecule has 1 aliphatic carbocycles. The number of aryl methyl sites for hydroxylation is 1. The number of aromatic nitrogens is 1. The van der Waals surface area contributed by atoms with Crippen LogP contribution in [-0.4, -0.2) is 19.5 Å². The quantitative estimate of drug-likeness (QED) is 0.220. The van der Waals surface area contributed by atoms with Crippen molar-refractivity contribution in [2.75, 3.05) is 0 Å². The number of rotatable bonds is 4. The molecule has 0 amide bonds. The second kappa shape index (κ2) is 8.99. The fourth-order valence-electron chi connectivity index (χ4n) is 6.03. The normalized spacial score (nSPS) is 15.2. The first-order valence-electron chi connectivity index (χ1n) is 12.9. The van der Waals surface area contributed by atoms with Crippen LogP contribution in [0.3, 0.4) is 0 Å². The van der Waals surface area contributed by atoms with Crippen molar-refractivity contribution in [1.29, 1.82) is 0 Å². The van der Waals surface area contributed by atoms with Gasteiger partial charge in [-0.05, 0) is 0 Å². The molecule has 5 aromatic rings. The van der Waals surface area contributed by atoms with Crippen LogP contribution >= 0.6 is 0 Å². The fourth-order valence-corrected chi connectivity index (χ4v) is 8.82. The van der Waals surface area contributed by atoms with Crippen molar-refractivity contribution in [3.05, 3.63) is 77.5 Å². The van der Waals surface area contributed by atoms with Gasteiger partial charge in [0.15, 0.2) is 0 Å². The van der Waals surface area contributed by atoms with Gasteiger partial charge in [0.05, 0.1) is 0 Å². The van der Waals surface area contributed by atoms with E-state index in [4.69, 9.17) is 4.98 Å². The molecule has 1 aliphatic rings. The third-order valence-electron chi connectivity index (χ3n) is 7.94. The van der Waals surface area contributed by atoms with Crippen LogP contribution in [0.25, 0.3) is 41.3 Å². The molecule has 0 bridgehead atoms. The molecule has 34 heavy (non-hydrogen) atoms. The first kappa shape index (κ1) is 22.1. The van der Waals surface area contributed by atoms with Crippen molar-refractivity contribution in [3.8, 4) is 11.3 Å². The predicted molar refractivity (Wildman–Crippen MR) is 148 cm³/mol. The van der Waals surface area contributed by atoms with Gasteiger partial charge in [-0.3, -0.25) is 0 Å². The Morgan fingerprint density at radius 1 is 0.882 bits per heavy atom. The van der Waals surface area contributed by atoms with Gasteiger partial charge in [0.2, 0.25) is 0 Å². The van der Waals surface area contributed by atoms with E-state index in [9.17, 15) is 0 Å². The molecule has 1 nitrogen and oxygen atoms in total. The van der Waals surface area contributed by atoms with Crippen LogP contribution in [-0.2, 0) is 6.42 Å². The Morgan fingerprint density at radius 2 is 1.68 bits per heavy atom. The summed E-state index contributed by atoms with van der Waals surface area (Å²) in [5.74, 6) is 1.36. The van der Waals surface area contributed by atoms with E-state index in [-0.39, 0.29) is 0 Å². The van der Waals surface area contributed by atoms with E-state index in [0.29, 0.717) is 20.4 Å². The minimum atomic E-state index is 0.296. The molecule has 0 radical (unpaired) electrons. The molecule has 1 fully saturated rings. The third-order valence-corrected chi connectivity index (χ3v) is 10.8. The molecule has 172 valence electrons. The topological polar surface area (TPSA) is 12.9 Å². The van der Waals surface area contributed by atoms with Crippen LogP contribution in [0.15, 0.2) is 60.8 Å². The predicted octanol–water partition coefficient (Wildman–Crippen LogP) is 8.82. The average Bonchev–Trinajstić information content (AvgIpc) is 3.25. The van der Waals surface area contributed by atoms with Crippen LogP contribution < -0.4 is 0 Å². The standard InChI is InChI=1S/C32H33NSe/c1-20(2)29-19-25(18-24-11-7-8-12-26(24)29)30-32-28(15-16-33-30)27-14-13-23(21(3)31(27)34-32)17-22-9-5-4-6-10-22/h7-8,11-16,18-20,22H,4-6,9-10,17H2,1-3H3. The van der Waals surface area contributed by atoms with Crippen molar-refractivity contribution < 1.29 is 0 Å². The van der Waals surface area contributed by atoms with Crippen LogP contribution in [0.1, 0.15) is 68.6 Å². The van der Waals surface area contributed by atoms with E-state index >= 15 is 0 Å². The summed E-state index contributed by atoms with van der Waals surface area (Å²) in [6.07, 6.45) is 10.4. The summed E-state index contributed by atoms with van der Waals surface area (Å²) in [7, 11) is 0. The Labute approximate surface area is 209 Å². The van der Waals surface area contributed by atoms with Crippen LogP contribution in [0.2, 0.25) is 0 Å². The van der Waals surface area contributed by atoms with Gasteiger partial charge in [-0.25, -0.2) is 0 Å². The molecule has 2 aromatic heterocycles. The van der Waals surface area contributed by atoms with Crippen LogP contribution in [0, 0.1) is 12.8 Å². The summed E-state index contributed by atoms with van der Waals surface area (Å²) < 4.78 is 3.06. The molecule has 1 saturated carbocycles. The third kappa shape index (κ3) is 3.82. The minimum absolute atomic E-state index is 0.296. The average molecular weight is 511 g/mol. The van der Waals surface area contributed by atoms with Crippen molar-refractivity contribution >= 4 is 44.6 Å². The Kier molecular flexibility index (Phi) is 5.84. The zero-order valence-electron chi connectivity index (χ0n) is 20.5. The van der Waals surface area contributed by atoms with Gasteiger partial charge >= 0.3 is 209 Å². The van der Waals surface area contributed by atoms with Gasteiger partial charge in [0, 0.05) is 0 Å². The molecule has 3 aromatic carbocycles. The Hall–Kier alpha value is -2.41. The van der Waals surface area contributed by atoms with Crippen molar-refractivity contribution in [2.24, 2.45) is 5.92 Å². The first-order chi connectivity index (χ1) is 16.6. The van der Waals surface area contributed by atoms with E-state index in [1.165, 1.54) is 81.2 Å². The Balaban J connectivity index is 1.51. The summed E-state index contributed by atoms with van der Waals surface area (Å²) in [4.78, 5) is 4.97. The summed E-state index contributed by atoms with van der Waals surface area (Å²) in [5.41, 5.74) is 7.01. The van der Waals surface area contributed by atoms with Gasteiger partial charge in [-0.15, -0.1) is 0 Å². The molecule has 0 saturated heterocycles. The number of benzene rings is 3. The van der Waals surface area contributed by atoms with Gasteiger partial charge in [0.25, 0.3) is 0 Å². The Bertz CT molecular complexity index is 1500. The summed E-state index contributed by atoms with van der Waals surface area (Å²) in [6, 6.07) is 20.6. The summed E-state index contributed by atoms with van der Waals surface area (Å²) in [5, 5.41) is 5.54. The summed E-state index contributed by atoms with van der Waals surface area (Å²) >= 11 is 0.296. The number of pyridine rings is 1. The molecular weight excluding hydrogens is 477 g/mol. The second-order valence-electron chi connectivity index (χ2n) is 10.5. The van der Waals surface area contributed by atoms with E-state index < -0.39 is 0 Å².